The first kappa shape index (κ1) is 13.8. The Labute approximate surface area is 112 Å². The lowest BCUT2D eigenvalue weighted by atomic mass is 10.2. The quantitative estimate of drug-likeness (QED) is 0.822. The van der Waals surface area contributed by atoms with Crippen LogP contribution in [0.1, 0.15) is 5.56 Å². The maximum atomic E-state index is 11.7. The first-order valence-electron chi connectivity index (χ1n) is 5.92. The van der Waals surface area contributed by atoms with Gasteiger partial charge in [0.05, 0.1) is 6.61 Å². The summed E-state index contributed by atoms with van der Waals surface area (Å²) in [6, 6.07) is 18.0. The molecule has 1 unspecified atom stereocenters. The molecule has 4 nitrogen and oxygen atoms in total. The van der Waals surface area contributed by atoms with E-state index >= 15 is 0 Å². The van der Waals surface area contributed by atoms with Crippen LogP contribution in [0.25, 0.3) is 0 Å². The molecule has 2 rings (SSSR count). The van der Waals surface area contributed by atoms with Gasteiger partial charge in [-0.05, 0) is 24.1 Å². The van der Waals surface area contributed by atoms with Gasteiger partial charge in [0.25, 0.3) is 0 Å². The van der Waals surface area contributed by atoms with Crippen molar-refractivity contribution in [3.63, 3.8) is 0 Å². The van der Waals surface area contributed by atoms with Gasteiger partial charge in [0.15, 0.2) is 0 Å². The van der Waals surface area contributed by atoms with Crippen molar-refractivity contribution in [1.29, 1.82) is 0 Å². The maximum absolute atomic E-state index is 11.7. The Kier molecular flexibility index (Phi) is 4.74. The third-order valence-electron chi connectivity index (χ3n) is 2.45. The summed E-state index contributed by atoms with van der Waals surface area (Å²) in [6.45, 7) is 0.130. The van der Waals surface area contributed by atoms with Crippen molar-refractivity contribution in [2.75, 3.05) is 6.61 Å². The minimum absolute atomic E-state index is 0.130. The molecule has 0 aliphatic heterocycles. The smallest absolute Gasteiger partial charge is 0.404 e. The van der Waals surface area contributed by atoms with Gasteiger partial charge in [-0.3, -0.25) is 9.42 Å². The van der Waals surface area contributed by atoms with Gasteiger partial charge in [0.1, 0.15) is 5.75 Å². The fourth-order valence-corrected chi connectivity index (χ4v) is 2.33. The first-order valence-corrected chi connectivity index (χ1v) is 7.41. The Bertz CT molecular complexity index is 542. The van der Waals surface area contributed by atoms with Gasteiger partial charge in [-0.25, -0.2) is 4.57 Å². The van der Waals surface area contributed by atoms with Crippen LogP contribution in [0.2, 0.25) is 0 Å². The summed E-state index contributed by atoms with van der Waals surface area (Å²) in [7, 11) is -4.05. The van der Waals surface area contributed by atoms with E-state index < -0.39 is 7.82 Å². The summed E-state index contributed by atoms with van der Waals surface area (Å²) in [5, 5.41) is 0. The summed E-state index contributed by atoms with van der Waals surface area (Å²) in [5.74, 6) is 0.313. The fourth-order valence-electron chi connectivity index (χ4n) is 1.56. The second-order valence-corrected chi connectivity index (χ2v) is 5.32. The molecule has 0 aromatic heterocycles. The highest BCUT2D eigenvalue weighted by Crippen LogP contribution is 2.43. The third kappa shape index (κ3) is 4.87. The topological polar surface area (TPSA) is 55.8 Å². The predicted molar refractivity (Wildman–Crippen MR) is 73.0 cm³/mol. The molecule has 0 saturated carbocycles. The van der Waals surface area contributed by atoms with E-state index in [4.69, 9.17) is 9.05 Å². The highest BCUT2D eigenvalue weighted by atomic mass is 31.2. The molecule has 0 saturated heterocycles. The molecular formula is C14H15O4P. The Morgan fingerprint density at radius 1 is 0.947 bits per heavy atom. The lowest BCUT2D eigenvalue weighted by Gasteiger charge is -2.12. The molecule has 0 radical (unpaired) electrons. The molecular weight excluding hydrogens is 263 g/mol. The summed E-state index contributed by atoms with van der Waals surface area (Å²) in [4.78, 5) is 9.56. The number of benzene rings is 2. The molecule has 0 fully saturated rings. The Morgan fingerprint density at radius 2 is 1.53 bits per heavy atom. The van der Waals surface area contributed by atoms with Crippen LogP contribution in [0.4, 0.5) is 0 Å². The zero-order valence-electron chi connectivity index (χ0n) is 10.3. The number of phosphoric ester groups is 1. The van der Waals surface area contributed by atoms with E-state index in [1.165, 1.54) is 0 Å². The monoisotopic (exact) mass is 278 g/mol. The zero-order chi connectivity index (χ0) is 13.6. The van der Waals surface area contributed by atoms with Gasteiger partial charge in [-0.15, -0.1) is 0 Å². The van der Waals surface area contributed by atoms with Crippen LogP contribution in [0.15, 0.2) is 60.7 Å². The standard InChI is InChI=1S/C14H15O4P/c15-19(16,18-14-9-5-2-6-10-14)17-12-11-13-7-3-1-4-8-13/h1-10H,11-12H2,(H,15,16). The van der Waals surface area contributed by atoms with Crippen LogP contribution in [-0.2, 0) is 15.5 Å². The van der Waals surface area contributed by atoms with Gasteiger partial charge >= 0.3 is 7.82 Å². The molecule has 0 spiro atoms. The Morgan fingerprint density at radius 3 is 2.16 bits per heavy atom. The Hall–Kier alpha value is -1.61. The summed E-state index contributed by atoms with van der Waals surface area (Å²) >= 11 is 0. The minimum atomic E-state index is -4.05. The molecule has 0 aliphatic rings. The second-order valence-electron chi connectivity index (χ2n) is 3.94. The fraction of sp³-hybridized carbons (Fsp3) is 0.143. The van der Waals surface area contributed by atoms with Gasteiger partial charge in [0, 0.05) is 0 Å². The van der Waals surface area contributed by atoms with Crippen molar-refractivity contribution in [1.82, 2.24) is 0 Å². The molecule has 0 bridgehead atoms. The molecule has 5 heteroatoms. The van der Waals surface area contributed by atoms with Crippen LogP contribution in [0.3, 0.4) is 0 Å². The van der Waals surface area contributed by atoms with Crippen molar-refractivity contribution < 1.29 is 18.5 Å². The van der Waals surface area contributed by atoms with Gasteiger partial charge in [-0.1, -0.05) is 48.5 Å². The van der Waals surface area contributed by atoms with Crippen LogP contribution < -0.4 is 4.52 Å². The molecule has 0 amide bonds. The average molecular weight is 278 g/mol. The van der Waals surface area contributed by atoms with Gasteiger partial charge in [-0.2, -0.15) is 0 Å². The number of rotatable bonds is 6. The highest BCUT2D eigenvalue weighted by Gasteiger charge is 2.22. The van der Waals surface area contributed by atoms with E-state index in [9.17, 15) is 9.46 Å². The van der Waals surface area contributed by atoms with Crippen molar-refractivity contribution in [2.45, 2.75) is 6.42 Å². The van der Waals surface area contributed by atoms with Crippen LogP contribution >= 0.6 is 7.82 Å². The van der Waals surface area contributed by atoms with Crippen molar-refractivity contribution in [3.8, 4) is 5.75 Å². The average Bonchev–Trinajstić information content (AvgIpc) is 2.40. The maximum Gasteiger partial charge on any atom is 0.527 e. The lowest BCUT2D eigenvalue weighted by molar-refractivity contribution is 0.205. The van der Waals surface area contributed by atoms with Crippen LogP contribution in [0.5, 0.6) is 5.75 Å². The van der Waals surface area contributed by atoms with Crippen LogP contribution in [-0.4, -0.2) is 11.5 Å². The van der Waals surface area contributed by atoms with Crippen LogP contribution in [0, 0.1) is 0 Å². The normalized spacial score (nSPS) is 13.7. The molecule has 0 heterocycles. The van der Waals surface area contributed by atoms with E-state index in [2.05, 4.69) is 0 Å². The molecule has 2 aromatic carbocycles. The van der Waals surface area contributed by atoms with Gasteiger partial charge in [0.2, 0.25) is 0 Å². The molecule has 0 aliphatic carbocycles. The van der Waals surface area contributed by atoms with Crippen molar-refractivity contribution >= 4 is 7.82 Å². The largest absolute Gasteiger partial charge is 0.527 e. The number of hydrogen-bond acceptors (Lipinski definition) is 3. The summed E-state index contributed by atoms with van der Waals surface area (Å²) in [5.41, 5.74) is 1.04. The highest BCUT2D eigenvalue weighted by molar-refractivity contribution is 7.47. The van der Waals surface area contributed by atoms with Crippen molar-refractivity contribution in [2.24, 2.45) is 0 Å². The molecule has 1 N–H and O–H groups in total. The first-order chi connectivity index (χ1) is 9.16. The number of hydrogen-bond donors (Lipinski definition) is 1. The van der Waals surface area contributed by atoms with Gasteiger partial charge < -0.3 is 4.52 Å². The SMILES string of the molecule is O=P(O)(OCCc1ccccc1)Oc1ccccc1. The minimum Gasteiger partial charge on any atom is -0.404 e. The van der Waals surface area contributed by atoms with Crippen molar-refractivity contribution in [3.05, 3.63) is 66.2 Å². The molecule has 19 heavy (non-hydrogen) atoms. The van der Waals surface area contributed by atoms with E-state index in [0.717, 1.165) is 5.56 Å². The third-order valence-corrected chi connectivity index (χ3v) is 3.40. The molecule has 100 valence electrons. The lowest BCUT2D eigenvalue weighted by Crippen LogP contribution is -2.01. The Balaban J connectivity index is 1.83. The molecule has 1 atom stereocenters. The number of para-hydroxylation sites is 1. The zero-order valence-corrected chi connectivity index (χ0v) is 11.2. The second kappa shape index (κ2) is 6.53. The van der Waals surface area contributed by atoms with E-state index in [-0.39, 0.29) is 6.61 Å². The number of phosphoric acid groups is 1. The van der Waals surface area contributed by atoms with E-state index in [0.29, 0.717) is 12.2 Å². The summed E-state index contributed by atoms with van der Waals surface area (Å²) < 4.78 is 21.5. The van der Waals surface area contributed by atoms with E-state index in [1.54, 1.807) is 30.3 Å². The predicted octanol–water partition coefficient (Wildman–Crippen LogP) is 3.43. The van der Waals surface area contributed by atoms with E-state index in [1.807, 2.05) is 30.3 Å². The summed E-state index contributed by atoms with van der Waals surface area (Å²) in [6.07, 6.45) is 0.559. The molecule has 2 aromatic rings.